The van der Waals surface area contributed by atoms with Crippen LogP contribution in [0.3, 0.4) is 0 Å². The maximum absolute atomic E-state index is 11.2. The largest absolute Gasteiger partial charge is 0.402 e. The number of aryl methyl sites for hydroxylation is 1. The third kappa shape index (κ3) is 4.27. The molecule has 0 aromatic heterocycles. The summed E-state index contributed by atoms with van der Waals surface area (Å²) in [5.41, 5.74) is 13.6. The lowest BCUT2D eigenvalue weighted by atomic mass is 9.89. The predicted molar refractivity (Wildman–Crippen MR) is 105 cm³/mol. The first kappa shape index (κ1) is 16.8. The fraction of sp³-hybridized carbons (Fsp3) is 0.136. The Morgan fingerprint density at radius 3 is 2.36 bits per heavy atom. The molecule has 3 rings (SSSR count). The topological polar surface area (TPSA) is 55.1 Å². The van der Waals surface area contributed by atoms with E-state index in [1.54, 1.807) is 0 Å². The van der Waals surface area contributed by atoms with Gasteiger partial charge in [-0.25, -0.2) is 0 Å². The van der Waals surface area contributed by atoms with Gasteiger partial charge < -0.3 is 11.1 Å². The number of allylic oxidation sites excluding steroid dienone is 4. The summed E-state index contributed by atoms with van der Waals surface area (Å²) in [5, 5.41) is 2.79. The fourth-order valence-electron chi connectivity index (χ4n) is 2.88. The maximum atomic E-state index is 11.2. The van der Waals surface area contributed by atoms with Crippen LogP contribution in [-0.4, -0.2) is 5.91 Å². The van der Waals surface area contributed by atoms with Gasteiger partial charge in [-0.3, -0.25) is 4.79 Å². The smallest absolute Gasteiger partial charge is 0.221 e. The second-order valence-electron chi connectivity index (χ2n) is 6.34. The molecule has 0 fully saturated rings. The van der Waals surface area contributed by atoms with E-state index in [4.69, 9.17) is 5.73 Å². The minimum atomic E-state index is -0.0692. The second-order valence-corrected chi connectivity index (χ2v) is 6.34. The maximum Gasteiger partial charge on any atom is 0.221 e. The molecule has 0 unspecified atom stereocenters. The third-order valence-electron chi connectivity index (χ3n) is 4.14. The van der Waals surface area contributed by atoms with Crippen molar-refractivity contribution >= 4 is 23.2 Å². The van der Waals surface area contributed by atoms with Crippen LogP contribution in [0.5, 0.6) is 0 Å². The molecule has 0 spiro atoms. The van der Waals surface area contributed by atoms with Gasteiger partial charge in [-0.2, -0.15) is 0 Å². The number of anilines is 1. The van der Waals surface area contributed by atoms with Crippen molar-refractivity contribution < 1.29 is 4.79 Å². The lowest BCUT2D eigenvalue weighted by Crippen LogP contribution is -2.06. The second kappa shape index (κ2) is 7.22. The van der Waals surface area contributed by atoms with E-state index in [1.807, 2.05) is 30.3 Å². The van der Waals surface area contributed by atoms with Crippen LogP contribution in [0.2, 0.25) is 0 Å². The van der Waals surface area contributed by atoms with Gasteiger partial charge in [0.15, 0.2) is 0 Å². The zero-order valence-electron chi connectivity index (χ0n) is 14.5. The molecule has 0 aliphatic heterocycles. The van der Waals surface area contributed by atoms with E-state index in [-0.39, 0.29) is 5.91 Å². The number of rotatable bonds is 3. The molecule has 0 atom stereocenters. The van der Waals surface area contributed by atoms with Crippen molar-refractivity contribution in [2.24, 2.45) is 5.73 Å². The number of amides is 1. The normalized spacial score (nSPS) is 15.5. The lowest BCUT2D eigenvalue weighted by molar-refractivity contribution is -0.114. The molecule has 25 heavy (non-hydrogen) atoms. The molecule has 1 aliphatic rings. The number of nitrogens with one attached hydrogen (secondary N) is 1. The van der Waals surface area contributed by atoms with E-state index in [2.05, 4.69) is 48.7 Å². The molecule has 0 heterocycles. The van der Waals surface area contributed by atoms with Crippen molar-refractivity contribution in [2.45, 2.75) is 20.3 Å². The monoisotopic (exact) mass is 330 g/mol. The standard InChI is InChI=1S/C22H22N2O/c1-15-3-5-17(6-4-15)13-19-14-20(23)9-12-22(19)18-7-10-21(11-8-18)24-16(2)25/h3-13H,14,23H2,1-2H3,(H,24,25). The number of hydrogen-bond acceptors (Lipinski definition) is 2. The van der Waals surface area contributed by atoms with Crippen molar-refractivity contribution in [2.75, 3.05) is 5.32 Å². The van der Waals surface area contributed by atoms with Gasteiger partial charge in [0.25, 0.3) is 0 Å². The van der Waals surface area contributed by atoms with E-state index >= 15 is 0 Å². The lowest BCUT2D eigenvalue weighted by Gasteiger charge is -2.17. The third-order valence-corrected chi connectivity index (χ3v) is 4.14. The van der Waals surface area contributed by atoms with Crippen molar-refractivity contribution in [3.63, 3.8) is 0 Å². The number of carbonyl (C=O) groups is 1. The first-order valence-corrected chi connectivity index (χ1v) is 8.33. The van der Waals surface area contributed by atoms with Crippen molar-refractivity contribution in [3.05, 3.63) is 88.6 Å². The van der Waals surface area contributed by atoms with Crippen LogP contribution in [0.1, 0.15) is 30.0 Å². The number of hydrogen-bond donors (Lipinski definition) is 2. The molecular weight excluding hydrogens is 308 g/mol. The van der Waals surface area contributed by atoms with Gasteiger partial charge in [0.05, 0.1) is 0 Å². The van der Waals surface area contributed by atoms with E-state index < -0.39 is 0 Å². The number of carbonyl (C=O) groups excluding carboxylic acids is 1. The van der Waals surface area contributed by atoms with Crippen LogP contribution in [0, 0.1) is 6.92 Å². The van der Waals surface area contributed by atoms with E-state index in [0.717, 1.165) is 34.5 Å². The minimum absolute atomic E-state index is 0.0692. The van der Waals surface area contributed by atoms with Gasteiger partial charge in [0.1, 0.15) is 0 Å². The Bertz CT molecular complexity index is 869. The van der Waals surface area contributed by atoms with Crippen LogP contribution < -0.4 is 11.1 Å². The van der Waals surface area contributed by atoms with Crippen LogP contribution in [0.25, 0.3) is 11.6 Å². The Balaban J connectivity index is 1.93. The average molecular weight is 330 g/mol. The molecule has 0 radical (unpaired) electrons. The molecule has 0 bridgehead atoms. The van der Waals surface area contributed by atoms with Crippen molar-refractivity contribution in [3.8, 4) is 0 Å². The molecule has 2 aromatic rings. The highest BCUT2D eigenvalue weighted by atomic mass is 16.1. The van der Waals surface area contributed by atoms with Crippen molar-refractivity contribution in [1.29, 1.82) is 0 Å². The van der Waals surface area contributed by atoms with Gasteiger partial charge in [-0.15, -0.1) is 0 Å². The Morgan fingerprint density at radius 1 is 1.04 bits per heavy atom. The SMILES string of the molecule is CC(=O)Nc1ccc(C2=CC=C(N)CC2=Cc2ccc(C)cc2)cc1. The van der Waals surface area contributed by atoms with Gasteiger partial charge in [0, 0.05) is 24.7 Å². The highest BCUT2D eigenvalue weighted by Gasteiger charge is 2.13. The zero-order chi connectivity index (χ0) is 17.8. The molecule has 3 N–H and O–H groups in total. The summed E-state index contributed by atoms with van der Waals surface area (Å²) < 4.78 is 0. The van der Waals surface area contributed by atoms with Crippen LogP contribution in [0.4, 0.5) is 5.69 Å². The molecule has 3 heteroatoms. The highest BCUT2D eigenvalue weighted by Crippen LogP contribution is 2.32. The molecule has 0 saturated carbocycles. The number of benzene rings is 2. The van der Waals surface area contributed by atoms with E-state index in [0.29, 0.717) is 0 Å². The first-order chi connectivity index (χ1) is 12.0. The summed E-state index contributed by atoms with van der Waals surface area (Å²) in [5.74, 6) is -0.0692. The summed E-state index contributed by atoms with van der Waals surface area (Å²) in [6, 6.07) is 16.3. The van der Waals surface area contributed by atoms with Gasteiger partial charge in [-0.1, -0.05) is 54.1 Å². The molecule has 2 aromatic carbocycles. The molecule has 1 amide bonds. The summed E-state index contributed by atoms with van der Waals surface area (Å²) in [6.07, 6.45) is 6.94. The Morgan fingerprint density at radius 2 is 1.72 bits per heavy atom. The van der Waals surface area contributed by atoms with Crippen molar-refractivity contribution in [1.82, 2.24) is 0 Å². The Hall–Kier alpha value is -3.07. The van der Waals surface area contributed by atoms with Gasteiger partial charge in [0.2, 0.25) is 5.91 Å². The first-order valence-electron chi connectivity index (χ1n) is 8.33. The Labute approximate surface area is 148 Å². The fourth-order valence-corrected chi connectivity index (χ4v) is 2.88. The van der Waals surface area contributed by atoms with Gasteiger partial charge in [-0.05, 0) is 47.4 Å². The average Bonchev–Trinajstić information content (AvgIpc) is 2.58. The zero-order valence-corrected chi connectivity index (χ0v) is 14.5. The summed E-state index contributed by atoms with van der Waals surface area (Å²) in [7, 11) is 0. The molecular formula is C22H22N2O. The molecule has 0 saturated heterocycles. The van der Waals surface area contributed by atoms with Crippen LogP contribution in [-0.2, 0) is 4.79 Å². The van der Waals surface area contributed by atoms with Crippen LogP contribution in [0.15, 0.2) is 72.0 Å². The summed E-state index contributed by atoms with van der Waals surface area (Å²) >= 11 is 0. The molecule has 126 valence electrons. The number of nitrogens with two attached hydrogens (primary N) is 1. The van der Waals surface area contributed by atoms with Gasteiger partial charge >= 0.3 is 0 Å². The summed E-state index contributed by atoms with van der Waals surface area (Å²) in [4.78, 5) is 11.2. The molecule has 3 nitrogen and oxygen atoms in total. The predicted octanol–water partition coefficient (Wildman–Crippen LogP) is 4.67. The minimum Gasteiger partial charge on any atom is -0.402 e. The molecule has 1 aliphatic carbocycles. The van der Waals surface area contributed by atoms with E-state index in [1.165, 1.54) is 18.1 Å². The van der Waals surface area contributed by atoms with E-state index in [9.17, 15) is 4.79 Å². The Kier molecular flexibility index (Phi) is 4.85. The summed E-state index contributed by atoms with van der Waals surface area (Å²) in [6.45, 7) is 3.59. The van der Waals surface area contributed by atoms with Crippen LogP contribution >= 0.6 is 0 Å². The quantitative estimate of drug-likeness (QED) is 0.859. The highest BCUT2D eigenvalue weighted by molar-refractivity contribution is 5.90.